The highest BCUT2D eigenvalue weighted by molar-refractivity contribution is 7.79. The fourth-order valence-corrected chi connectivity index (χ4v) is 4.59. The number of rotatable bonds is 6. The largest absolute Gasteiger partial charge is 0.768 e. The first kappa shape index (κ1) is 27.1. The molecule has 0 saturated carbocycles. The summed E-state index contributed by atoms with van der Waals surface area (Å²) in [4.78, 5) is 16.7. The molecule has 2 aromatic rings. The highest BCUT2D eigenvalue weighted by Crippen LogP contribution is 2.28. The molecule has 2 unspecified atom stereocenters. The van der Waals surface area contributed by atoms with Gasteiger partial charge >= 0.3 is 6.09 Å². The van der Waals surface area contributed by atoms with Gasteiger partial charge in [0, 0.05) is 37.1 Å². The van der Waals surface area contributed by atoms with Crippen molar-refractivity contribution < 1.29 is 27.4 Å². The number of carbonyl (C=O) groups is 1. The normalized spacial score (nSPS) is 18.7. The van der Waals surface area contributed by atoms with Crippen LogP contribution in [0.2, 0.25) is 0 Å². The lowest BCUT2D eigenvalue weighted by Crippen LogP contribution is -2.55. The number of nitrogens with zero attached hydrogens (tertiary/aromatic N) is 2. The SMILES string of the molecule is Cc1ccc(C(CN2CCN(C(=O)OC(C)(C)C)[C@H](C)C2)Oc2ccc(S(=O)[O-])c(C)c2)cc1F. The van der Waals surface area contributed by atoms with Crippen LogP contribution in [0.5, 0.6) is 5.75 Å². The summed E-state index contributed by atoms with van der Waals surface area (Å²) in [5.41, 5.74) is 1.24. The molecule has 2 aromatic carbocycles. The van der Waals surface area contributed by atoms with Crippen molar-refractivity contribution in [2.45, 2.75) is 64.2 Å². The summed E-state index contributed by atoms with van der Waals surface area (Å²) in [6, 6.07) is 9.76. The van der Waals surface area contributed by atoms with E-state index in [-0.39, 0.29) is 22.8 Å². The maximum Gasteiger partial charge on any atom is 0.410 e. The number of ether oxygens (including phenoxy) is 2. The van der Waals surface area contributed by atoms with Crippen LogP contribution in [0.15, 0.2) is 41.3 Å². The standard InChI is InChI=1S/C26H35FN2O5S/c1-17-7-8-20(14-22(17)27)23(33-21-9-10-24(35(31)32)18(2)13-21)16-28-11-12-29(19(3)15-28)25(30)34-26(4,5)6/h7-10,13-14,19,23H,11-12,15-16H2,1-6H3,(H,31,32)/p-1/t19-,23?/m1/s1. The third-order valence-electron chi connectivity index (χ3n) is 5.94. The molecular formula is C26H34FN2O5S-. The van der Waals surface area contributed by atoms with Crippen LogP contribution in [0, 0.1) is 19.7 Å². The van der Waals surface area contributed by atoms with Crippen molar-refractivity contribution in [3.05, 3.63) is 58.9 Å². The molecule has 0 spiro atoms. The molecule has 1 saturated heterocycles. The minimum atomic E-state index is -2.33. The average Bonchev–Trinajstić information content (AvgIpc) is 2.74. The van der Waals surface area contributed by atoms with E-state index < -0.39 is 22.8 Å². The van der Waals surface area contributed by atoms with Gasteiger partial charge in [-0.3, -0.25) is 9.11 Å². The Balaban J connectivity index is 1.78. The maximum atomic E-state index is 14.4. The zero-order valence-corrected chi connectivity index (χ0v) is 22.0. The van der Waals surface area contributed by atoms with Crippen LogP contribution < -0.4 is 4.74 Å². The van der Waals surface area contributed by atoms with E-state index in [1.807, 2.05) is 33.8 Å². The van der Waals surface area contributed by atoms with E-state index in [0.717, 1.165) is 0 Å². The fraction of sp³-hybridized carbons (Fsp3) is 0.500. The van der Waals surface area contributed by atoms with Gasteiger partial charge in [0.15, 0.2) is 0 Å². The molecule has 0 aromatic heterocycles. The zero-order valence-electron chi connectivity index (χ0n) is 21.2. The second-order valence-electron chi connectivity index (χ2n) is 10.1. The van der Waals surface area contributed by atoms with Gasteiger partial charge in [-0.15, -0.1) is 0 Å². The molecule has 0 N–H and O–H groups in total. The summed E-state index contributed by atoms with van der Waals surface area (Å²) in [7, 11) is 0. The minimum Gasteiger partial charge on any atom is -0.768 e. The predicted molar refractivity (Wildman–Crippen MR) is 132 cm³/mol. The van der Waals surface area contributed by atoms with Crippen LogP contribution in [-0.2, 0) is 15.8 Å². The quantitative estimate of drug-likeness (QED) is 0.528. The van der Waals surface area contributed by atoms with Gasteiger partial charge in [-0.05, 0) is 93.6 Å². The predicted octanol–water partition coefficient (Wildman–Crippen LogP) is 4.74. The van der Waals surface area contributed by atoms with Gasteiger partial charge in [-0.1, -0.05) is 12.1 Å². The Bertz CT molecular complexity index is 1090. The smallest absolute Gasteiger partial charge is 0.410 e. The molecule has 0 bridgehead atoms. The lowest BCUT2D eigenvalue weighted by Gasteiger charge is -2.41. The lowest BCUT2D eigenvalue weighted by atomic mass is 10.0. The summed E-state index contributed by atoms with van der Waals surface area (Å²) in [6.07, 6.45) is -0.822. The number of benzene rings is 2. The third-order valence-corrected chi connectivity index (χ3v) is 6.75. The molecule has 0 radical (unpaired) electrons. The third kappa shape index (κ3) is 7.25. The van der Waals surface area contributed by atoms with E-state index in [4.69, 9.17) is 9.47 Å². The highest BCUT2D eigenvalue weighted by atomic mass is 32.2. The Labute approximate surface area is 209 Å². The number of piperazine rings is 1. The Morgan fingerprint density at radius 3 is 2.46 bits per heavy atom. The minimum absolute atomic E-state index is 0.0671. The molecule has 7 nitrogen and oxygen atoms in total. The van der Waals surface area contributed by atoms with Crippen molar-refractivity contribution in [1.29, 1.82) is 0 Å². The van der Waals surface area contributed by atoms with Gasteiger partial charge in [-0.2, -0.15) is 0 Å². The van der Waals surface area contributed by atoms with Crippen molar-refractivity contribution >= 4 is 17.2 Å². The number of aryl methyl sites for hydroxylation is 2. The summed E-state index contributed by atoms with van der Waals surface area (Å²) in [5.74, 6) is 0.190. The van der Waals surface area contributed by atoms with Gasteiger partial charge in [0.1, 0.15) is 23.3 Å². The first-order valence-corrected chi connectivity index (χ1v) is 12.8. The Morgan fingerprint density at radius 2 is 1.89 bits per heavy atom. The molecule has 3 atom stereocenters. The molecule has 35 heavy (non-hydrogen) atoms. The molecule has 1 aliphatic rings. The lowest BCUT2D eigenvalue weighted by molar-refractivity contribution is -0.00299. The van der Waals surface area contributed by atoms with E-state index in [0.29, 0.717) is 48.6 Å². The number of halogens is 1. The van der Waals surface area contributed by atoms with Crippen molar-refractivity contribution in [1.82, 2.24) is 9.80 Å². The second-order valence-corrected chi connectivity index (χ2v) is 11.0. The first-order valence-electron chi connectivity index (χ1n) is 11.7. The molecule has 1 aliphatic heterocycles. The summed E-state index contributed by atoms with van der Waals surface area (Å²) in [5, 5.41) is 0. The van der Waals surface area contributed by atoms with Crippen LogP contribution in [-0.4, -0.2) is 62.5 Å². The van der Waals surface area contributed by atoms with Crippen molar-refractivity contribution in [2.24, 2.45) is 0 Å². The number of hydrogen-bond donors (Lipinski definition) is 0. The second kappa shape index (κ2) is 11.1. The molecule has 1 fully saturated rings. The van der Waals surface area contributed by atoms with Crippen molar-refractivity contribution in [3.8, 4) is 5.75 Å². The average molecular weight is 506 g/mol. The van der Waals surface area contributed by atoms with Gasteiger partial charge in [0.05, 0.1) is 0 Å². The van der Waals surface area contributed by atoms with Gasteiger partial charge in [0.2, 0.25) is 0 Å². The van der Waals surface area contributed by atoms with Crippen LogP contribution in [0.3, 0.4) is 0 Å². The van der Waals surface area contributed by atoms with E-state index in [2.05, 4.69) is 4.90 Å². The first-order chi connectivity index (χ1) is 16.3. The van der Waals surface area contributed by atoms with Crippen LogP contribution in [0.25, 0.3) is 0 Å². The Hall–Kier alpha value is -2.49. The van der Waals surface area contributed by atoms with Crippen molar-refractivity contribution in [3.63, 3.8) is 0 Å². The summed E-state index contributed by atoms with van der Waals surface area (Å²) in [6.45, 7) is 13.1. The molecule has 0 aliphatic carbocycles. The number of carbonyl (C=O) groups excluding carboxylic acids is 1. The van der Waals surface area contributed by atoms with E-state index in [1.54, 1.807) is 36.9 Å². The molecule has 3 rings (SSSR count). The molecular weight excluding hydrogens is 471 g/mol. The van der Waals surface area contributed by atoms with Crippen LogP contribution >= 0.6 is 0 Å². The highest BCUT2D eigenvalue weighted by Gasteiger charge is 2.32. The molecule has 1 amide bonds. The number of amides is 1. The summed E-state index contributed by atoms with van der Waals surface area (Å²) < 4.78 is 48.9. The molecule has 1 heterocycles. The van der Waals surface area contributed by atoms with Gasteiger partial charge in [0.25, 0.3) is 0 Å². The molecule has 9 heteroatoms. The topological polar surface area (TPSA) is 82.1 Å². The maximum absolute atomic E-state index is 14.4. The zero-order chi connectivity index (χ0) is 25.9. The van der Waals surface area contributed by atoms with E-state index in [9.17, 15) is 17.9 Å². The Morgan fingerprint density at radius 1 is 1.17 bits per heavy atom. The van der Waals surface area contributed by atoms with E-state index in [1.165, 1.54) is 12.1 Å². The van der Waals surface area contributed by atoms with Crippen LogP contribution in [0.4, 0.5) is 9.18 Å². The Kier molecular flexibility index (Phi) is 8.56. The van der Waals surface area contributed by atoms with Gasteiger partial charge < -0.3 is 18.9 Å². The number of hydrogen-bond acceptors (Lipinski definition) is 6. The van der Waals surface area contributed by atoms with Crippen molar-refractivity contribution in [2.75, 3.05) is 26.2 Å². The fourth-order valence-electron chi connectivity index (χ4n) is 4.09. The monoisotopic (exact) mass is 505 g/mol. The van der Waals surface area contributed by atoms with Crippen LogP contribution in [0.1, 0.15) is 50.5 Å². The summed E-state index contributed by atoms with van der Waals surface area (Å²) >= 11 is -2.33. The van der Waals surface area contributed by atoms with E-state index >= 15 is 0 Å². The van der Waals surface area contributed by atoms with Gasteiger partial charge in [-0.25, -0.2) is 9.18 Å². The molecule has 192 valence electrons.